The van der Waals surface area contributed by atoms with Crippen molar-refractivity contribution in [2.24, 2.45) is 0 Å². The van der Waals surface area contributed by atoms with E-state index in [0.29, 0.717) is 12.1 Å². The number of hydrogen-bond donors (Lipinski definition) is 1. The Labute approximate surface area is 124 Å². The minimum atomic E-state index is -4.25. The van der Waals surface area contributed by atoms with Crippen molar-refractivity contribution in [1.29, 1.82) is 0 Å². The first kappa shape index (κ1) is 16.3. The van der Waals surface area contributed by atoms with Gasteiger partial charge in [0.05, 0.1) is 5.56 Å². The van der Waals surface area contributed by atoms with Crippen LogP contribution in [-0.4, -0.2) is 36.6 Å². The molecule has 0 aromatic heterocycles. The largest absolute Gasteiger partial charge is 0.416 e. The molecule has 0 amide bonds. The molecule has 1 N–H and O–H groups in total. The topological polar surface area (TPSA) is 15.3 Å². The molecule has 1 aromatic carbocycles. The predicted molar refractivity (Wildman–Crippen MR) is 78.3 cm³/mol. The van der Waals surface area contributed by atoms with Gasteiger partial charge in [-0.1, -0.05) is 12.1 Å². The summed E-state index contributed by atoms with van der Waals surface area (Å²) in [6.07, 6.45) is -2.45. The third-order valence-corrected chi connectivity index (χ3v) is 4.17. The quantitative estimate of drug-likeness (QED) is 0.917. The molecule has 1 saturated heterocycles. The molecular weight excluding hydrogens is 277 g/mol. The van der Waals surface area contributed by atoms with E-state index >= 15 is 0 Å². The Morgan fingerprint density at radius 2 is 1.67 bits per heavy atom. The van der Waals surface area contributed by atoms with Gasteiger partial charge >= 0.3 is 6.18 Å². The van der Waals surface area contributed by atoms with Crippen molar-refractivity contribution in [3.8, 4) is 0 Å². The minimum absolute atomic E-state index is 0.515. The van der Waals surface area contributed by atoms with Gasteiger partial charge in [-0.3, -0.25) is 4.90 Å². The molecule has 1 heterocycles. The van der Waals surface area contributed by atoms with E-state index < -0.39 is 11.7 Å². The average molecular weight is 300 g/mol. The molecule has 1 aliphatic rings. The molecule has 0 radical (unpaired) electrons. The number of alkyl halides is 3. The summed E-state index contributed by atoms with van der Waals surface area (Å²) < 4.78 is 37.5. The van der Waals surface area contributed by atoms with E-state index in [-0.39, 0.29) is 0 Å². The van der Waals surface area contributed by atoms with Gasteiger partial charge in [-0.25, -0.2) is 0 Å². The monoisotopic (exact) mass is 300 g/mol. The van der Waals surface area contributed by atoms with E-state index in [1.54, 1.807) is 12.1 Å². The lowest BCUT2D eigenvalue weighted by Gasteiger charge is -2.39. The molecule has 1 aromatic rings. The maximum Gasteiger partial charge on any atom is 0.416 e. The van der Waals surface area contributed by atoms with Gasteiger partial charge in [-0.05, 0) is 50.9 Å². The number of nitrogens with one attached hydrogen (secondary N) is 1. The zero-order valence-electron chi connectivity index (χ0n) is 12.6. The van der Waals surface area contributed by atoms with Gasteiger partial charge in [0.15, 0.2) is 0 Å². The summed E-state index contributed by atoms with van der Waals surface area (Å²) in [6.45, 7) is 7.42. The highest BCUT2D eigenvalue weighted by molar-refractivity contribution is 5.24. The van der Waals surface area contributed by atoms with Crippen LogP contribution in [0.1, 0.15) is 31.4 Å². The fourth-order valence-corrected chi connectivity index (χ4v) is 2.94. The van der Waals surface area contributed by atoms with Crippen molar-refractivity contribution >= 4 is 0 Å². The van der Waals surface area contributed by atoms with E-state index in [1.807, 2.05) is 0 Å². The molecule has 21 heavy (non-hydrogen) atoms. The van der Waals surface area contributed by atoms with Gasteiger partial charge in [0.1, 0.15) is 0 Å². The molecule has 0 spiro atoms. The van der Waals surface area contributed by atoms with Crippen LogP contribution in [0.4, 0.5) is 13.2 Å². The number of rotatable bonds is 4. The summed E-state index contributed by atoms with van der Waals surface area (Å²) in [7, 11) is 0. The number of hydrogen-bond acceptors (Lipinski definition) is 2. The van der Waals surface area contributed by atoms with E-state index in [0.717, 1.165) is 38.0 Å². The Hall–Kier alpha value is -1.07. The molecule has 1 fully saturated rings. The van der Waals surface area contributed by atoms with Crippen molar-refractivity contribution in [3.05, 3.63) is 35.4 Å². The molecule has 0 saturated carbocycles. The van der Waals surface area contributed by atoms with E-state index in [2.05, 4.69) is 24.1 Å². The Morgan fingerprint density at radius 3 is 2.19 bits per heavy atom. The SMILES string of the molecule is C[C@@H]1CNC[C@H](C)N1CCCc1ccc(C(F)(F)F)cc1. The van der Waals surface area contributed by atoms with Gasteiger partial charge in [0.25, 0.3) is 0 Å². The summed E-state index contributed by atoms with van der Waals surface area (Å²) in [4.78, 5) is 2.47. The molecular formula is C16H23F3N2. The van der Waals surface area contributed by atoms with Gasteiger partial charge in [-0.15, -0.1) is 0 Å². The van der Waals surface area contributed by atoms with Gasteiger partial charge in [0.2, 0.25) is 0 Å². The maximum atomic E-state index is 12.5. The Bertz CT molecular complexity index is 432. The fourth-order valence-electron chi connectivity index (χ4n) is 2.94. The highest BCUT2D eigenvalue weighted by atomic mass is 19.4. The lowest BCUT2D eigenvalue weighted by molar-refractivity contribution is -0.137. The predicted octanol–water partition coefficient (Wildman–Crippen LogP) is 3.32. The minimum Gasteiger partial charge on any atom is -0.314 e. The van der Waals surface area contributed by atoms with Crippen LogP contribution in [0.25, 0.3) is 0 Å². The van der Waals surface area contributed by atoms with Crippen molar-refractivity contribution < 1.29 is 13.2 Å². The summed E-state index contributed by atoms with van der Waals surface area (Å²) >= 11 is 0. The summed E-state index contributed by atoms with van der Waals surface area (Å²) in [5.41, 5.74) is 0.397. The molecule has 0 bridgehead atoms. The smallest absolute Gasteiger partial charge is 0.314 e. The lowest BCUT2D eigenvalue weighted by Crippen LogP contribution is -2.55. The normalized spacial score (nSPS) is 24.2. The van der Waals surface area contributed by atoms with Crippen LogP contribution in [0.15, 0.2) is 24.3 Å². The van der Waals surface area contributed by atoms with E-state index in [9.17, 15) is 13.2 Å². The average Bonchev–Trinajstić information content (AvgIpc) is 2.42. The number of benzene rings is 1. The maximum absolute atomic E-state index is 12.5. The second-order valence-corrected chi connectivity index (χ2v) is 5.89. The van der Waals surface area contributed by atoms with Crippen molar-refractivity contribution in [2.75, 3.05) is 19.6 Å². The third kappa shape index (κ3) is 4.45. The first-order chi connectivity index (χ1) is 9.88. The summed E-state index contributed by atoms with van der Waals surface area (Å²) in [6, 6.07) is 6.56. The molecule has 2 rings (SSSR count). The van der Waals surface area contributed by atoms with Gasteiger partial charge in [-0.2, -0.15) is 13.2 Å². The standard InChI is InChI=1S/C16H23F3N2/c1-12-10-20-11-13(2)21(12)9-3-4-14-5-7-15(8-6-14)16(17,18)19/h5-8,12-13,20H,3-4,9-11H2,1-2H3/t12-,13+. The van der Waals surface area contributed by atoms with Gasteiger partial charge in [0, 0.05) is 25.2 Å². The summed E-state index contributed by atoms with van der Waals surface area (Å²) in [5, 5.41) is 3.39. The highest BCUT2D eigenvalue weighted by Crippen LogP contribution is 2.29. The van der Waals surface area contributed by atoms with E-state index in [4.69, 9.17) is 0 Å². The van der Waals surface area contributed by atoms with Crippen LogP contribution in [0.5, 0.6) is 0 Å². The number of halogens is 3. The van der Waals surface area contributed by atoms with Crippen LogP contribution in [0, 0.1) is 0 Å². The zero-order valence-corrected chi connectivity index (χ0v) is 12.6. The molecule has 118 valence electrons. The zero-order chi connectivity index (χ0) is 15.5. The number of aryl methyl sites for hydroxylation is 1. The van der Waals surface area contributed by atoms with Crippen molar-refractivity contribution in [3.63, 3.8) is 0 Å². The van der Waals surface area contributed by atoms with Gasteiger partial charge < -0.3 is 5.32 Å². The number of piperazine rings is 1. The Balaban J connectivity index is 1.83. The second-order valence-electron chi connectivity index (χ2n) is 5.89. The molecule has 0 aliphatic carbocycles. The van der Waals surface area contributed by atoms with Crippen LogP contribution in [0.3, 0.4) is 0 Å². The highest BCUT2D eigenvalue weighted by Gasteiger charge is 2.30. The molecule has 5 heteroatoms. The van der Waals surface area contributed by atoms with Crippen LogP contribution in [-0.2, 0) is 12.6 Å². The van der Waals surface area contributed by atoms with Crippen LogP contribution in [0.2, 0.25) is 0 Å². The Morgan fingerprint density at radius 1 is 1.10 bits per heavy atom. The molecule has 0 unspecified atom stereocenters. The Kier molecular flexibility index (Phi) is 5.27. The third-order valence-electron chi connectivity index (χ3n) is 4.17. The lowest BCUT2D eigenvalue weighted by atomic mass is 10.0. The summed E-state index contributed by atoms with van der Waals surface area (Å²) in [5.74, 6) is 0. The molecule has 2 atom stereocenters. The molecule has 2 nitrogen and oxygen atoms in total. The number of nitrogens with zero attached hydrogens (tertiary/aromatic N) is 1. The van der Waals surface area contributed by atoms with Crippen molar-refractivity contribution in [2.45, 2.75) is 44.9 Å². The van der Waals surface area contributed by atoms with Crippen LogP contribution < -0.4 is 5.32 Å². The second kappa shape index (κ2) is 6.79. The van der Waals surface area contributed by atoms with Crippen LogP contribution >= 0.6 is 0 Å². The van der Waals surface area contributed by atoms with Crippen molar-refractivity contribution in [1.82, 2.24) is 10.2 Å². The first-order valence-corrected chi connectivity index (χ1v) is 7.50. The molecule has 1 aliphatic heterocycles. The first-order valence-electron chi connectivity index (χ1n) is 7.50. The van der Waals surface area contributed by atoms with E-state index in [1.165, 1.54) is 12.1 Å². The fraction of sp³-hybridized carbons (Fsp3) is 0.625.